The van der Waals surface area contributed by atoms with Crippen molar-refractivity contribution in [2.24, 2.45) is 0 Å². The van der Waals surface area contributed by atoms with Crippen LogP contribution >= 0.6 is 12.2 Å². The van der Waals surface area contributed by atoms with E-state index in [0.29, 0.717) is 11.3 Å². The molecule has 0 heterocycles. The number of alkyl halides is 6. The first-order chi connectivity index (χ1) is 15.3. The molecule has 0 aliphatic carbocycles. The van der Waals surface area contributed by atoms with Crippen molar-refractivity contribution in [1.29, 1.82) is 0 Å². The Morgan fingerprint density at radius 1 is 0.848 bits per heavy atom. The van der Waals surface area contributed by atoms with Crippen molar-refractivity contribution in [2.75, 3.05) is 30.5 Å². The maximum absolute atomic E-state index is 12.4. The van der Waals surface area contributed by atoms with Crippen LogP contribution in [0.4, 0.5) is 37.7 Å². The smallest absolute Gasteiger partial charge is 0.422 e. The molecule has 0 saturated heterocycles. The zero-order valence-electron chi connectivity index (χ0n) is 17.0. The predicted octanol–water partition coefficient (Wildman–Crippen LogP) is 5.55. The van der Waals surface area contributed by atoms with E-state index in [-0.39, 0.29) is 28.9 Å². The summed E-state index contributed by atoms with van der Waals surface area (Å²) in [7, 11) is 0. The highest BCUT2D eigenvalue weighted by molar-refractivity contribution is 7.80. The molecule has 33 heavy (non-hydrogen) atoms. The summed E-state index contributed by atoms with van der Waals surface area (Å²) in [5.74, 6) is -1.26. The Morgan fingerprint density at radius 2 is 1.33 bits per heavy atom. The fraction of sp³-hybridized carbons (Fsp3) is 0.300. The standard InChI is InChI=1S/C20H18F6N2O4S/c1-2-30-17(29)12-3-5-13(6-4-12)27-18(33)28-14-7-15(31-10-19(21,22)23)9-16(8-14)32-11-20(24,25)26/h3-9H,2,10-11H2,1H3,(H2,27,28,33). The summed E-state index contributed by atoms with van der Waals surface area (Å²) < 4.78 is 88.7. The van der Waals surface area contributed by atoms with Crippen LogP contribution in [0.2, 0.25) is 0 Å². The number of nitrogens with one attached hydrogen (secondary N) is 2. The summed E-state index contributed by atoms with van der Waals surface area (Å²) in [5.41, 5.74) is 0.785. The van der Waals surface area contributed by atoms with Crippen LogP contribution in [0, 0.1) is 0 Å². The largest absolute Gasteiger partial charge is 0.484 e. The second-order valence-electron chi connectivity index (χ2n) is 6.38. The summed E-state index contributed by atoms with van der Waals surface area (Å²) in [6.45, 7) is -1.41. The van der Waals surface area contributed by atoms with Crippen molar-refractivity contribution in [3.63, 3.8) is 0 Å². The molecule has 6 nitrogen and oxygen atoms in total. The molecule has 0 bridgehead atoms. The van der Waals surface area contributed by atoms with Crippen molar-refractivity contribution in [1.82, 2.24) is 0 Å². The summed E-state index contributed by atoms with van der Waals surface area (Å²) in [5, 5.41) is 5.36. The van der Waals surface area contributed by atoms with Crippen LogP contribution in [0.3, 0.4) is 0 Å². The van der Waals surface area contributed by atoms with Gasteiger partial charge in [0.05, 0.1) is 12.2 Å². The van der Waals surface area contributed by atoms with Crippen LogP contribution in [0.5, 0.6) is 11.5 Å². The Hall–Kier alpha value is -3.22. The molecule has 0 spiro atoms. The highest BCUT2D eigenvalue weighted by Gasteiger charge is 2.30. The third kappa shape index (κ3) is 9.85. The van der Waals surface area contributed by atoms with Crippen molar-refractivity contribution in [2.45, 2.75) is 19.3 Å². The maximum atomic E-state index is 12.4. The molecular formula is C20H18F6N2O4S. The monoisotopic (exact) mass is 496 g/mol. The Balaban J connectivity index is 2.11. The number of carbonyl (C=O) groups excluding carboxylic acids is 1. The van der Waals surface area contributed by atoms with E-state index in [1.54, 1.807) is 6.92 Å². The predicted molar refractivity (Wildman–Crippen MR) is 112 cm³/mol. The van der Waals surface area contributed by atoms with Gasteiger partial charge in [0.25, 0.3) is 0 Å². The van der Waals surface area contributed by atoms with E-state index in [1.165, 1.54) is 24.3 Å². The first-order valence-electron chi connectivity index (χ1n) is 9.24. The number of halogens is 6. The summed E-state index contributed by atoms with van der Waals surface area (Å²) in [6.07, 6.45) is -9.30. The first kappa shape index (κ1) is 26.0. The number of thiocarbonyl (C=S) groups is 1. The third-order valence-electron chi connectivity index (χ3n) is 3.60. The molecule has 0 fully saturated rings. The molecule has 0 aromatic heterocycles. The fourth-order valence-electron chi connectivity index (χ4n) is 2.34. The molecule has 13 heteroatoms. The second kappa shape index (κ2) is 11.1. The zero-order valence-corrected chi connectivity index (χ0v) is 17.8. The Kier molecular flexibility index (Phi) is 8.74. The molecule has 0 atom stereocenters. The van der Waals surface area contributed by atoms with Crippen LogP contribution in [0.1, 0.15) is 17.3 Å². The van der Waals surface area contributed by atoms with Gasteiger partial charge >= 0.3 is 18.3 Å². The number of anilines is 2. The number of rotatable bonds is 8. The molecular weight excluding hydrogens is 478 g/mol. The number of hydrogen-bond acceptors (Lipinski definition) is 5. The molecule has 0 amide bonds. The molecule has 180 valence electrons. The average molecular weight is 496 g/mol. The number of ether oxygens (including phenoxy) is 3. The van der Waals surface area contributed by atoms with Gasteiger partial charge in [-0.1, -0.05) is 0 Å². The van der Waals surface area contributed by atoms with Gasteiger partial charge in [0, 0.05) is 29.6 Å². The number of hydrogen-bond donors (Lipinski definition) is 2. The number of carbonyl (C=O) groups is 1. The number of benzene rings is 2. The van der Waals surface area contributed by atoms with E-state index in [9.17, 15) is 31.1 Å². The fourth-order valence-corrected chi connectivity index (χ4v) is 2.57. The van der Waals surface area contributed by atoms with Gasteiger partial charge in [-0.25, -0.2) is 4.79 Å². The lowest BCUT2D eigenvalue weighted by atomic mass is 10.2. The highest BCUT2D eigenvalue weighted by Crippen LogP contribution is 2.29. The van der Waals surface area contributed by atoms with E-state index in [0.717, 1.165) is 18.2 Å². The molecule has 0 aliphatic rings. The summed E-state index contributed by atoms with van der Waals surface area (Å²) >= 11 is 5.12. The normalized spacial score (nSPS) is 11.5. The number of esters is 1. The van der Waals surface area contributed by atoms with Crippen molar-refractivity contribution < 1.29 is 45.3 Å². The van der Waals surface area contributed by atoms with Gasteiger partial charge < -0.3 is 24.8 Å². The van der Waals surface area contributed by atoms with Gasteiger partial charge in [0.2, 0.25) is 0 Å². The van der Waals surface area contributed by atoms with Gasteiger partial charge in [-0.2, -0.15) is 26.3 Å². The minimum atomic E-state index is -4.65. The lowest BCUT2D eigenvalue weighted by Crippen LogP contribution is -2.21. The van der Waals surface area contributed by atoms with Crippen molar-refractivity contribution >= 4 is 34.7 Å². The molecule has 0 unspecified atom stereocenters. The molecule has 0 saturated carbocycles. The topological polar surface area (TPSA) is 68.8 Å². The van der Waals surface area contributed by atoms with Gasteiger partial charge in [0.1, 0.15) is 11.5 Å². The zero-order chi connectivity index (χ0) is 24.6. The Bertz CT molecular complexity index is 928. The maximum Gasteiger partial charge on any atom is 0.422 e. The minimum absolute atomic E-state index is 0.0208. The van der Waals surface area contributed by atoms with Gasteiger partial charge in [-0.3, -0.25) is 0 Å². The van der Waals surface area contributed by atoms with Gasteiger partial charge in [0.15, 0.2) is 18.3 Å². The van der Waals surface area contributed by atoms with E-state index < -0.39 is 31.5 Å². The van der Waals surface area contributed by atoms with Crippen LogP contribution in [0.15, 0.2) is 42.5 Å². The van der Waals surface area contributed by atoms with E-state index in [4.69, 9.17) is 17.0 Å². The van der Waals surface area contributed by atoms with E-state index >= 15 is 0 Å². The van der Waals surface area contributed by atoms with E-state index in [1.807, 2.05) is 0 Å². The van der Waals surface area contributed by atoms with E-state index in [2.05, 4.69) is 20.1 Å². The van der Waals surface area contributed by atoms with Crippen LogP contribution in [0.25, 0.3) is 0 Å². The molecule has 2 rings (SSSR count). The lowest BCUT2D eigenvalue weighted by Gasteiger charge is -2.16. The van der Waals surface area contributed by atoms with Gasteiger partial charge in [-0.15, -0.1) is 0 Å². The second-order valence-corrected chi connectivity index (χ2v) is 6.79. The van der Waals surface area contributed by atoms with Crippen molar-refractivity contribution in [3.05, 3.63) is 48.0 Å². The summed E-state index contributed by atoms with van der Waals surface area (Å²) in [4.78, 5) is 11.7. The molecule has 0 radical (unpaired) electrons. The third-order valence-corrected chi connectivity index (χ3v) is 3.80. The highest BCUT2D eigenvalue weighted by atomic mass is 32.1. The first-order valence-corrected chi connectivity index (χ1v) is 9.65. The van der Waals surface area contributed by atoms with Crippen molar-refractivity contribution in [3.8, 4) is 11.5 Å². The van der Waals surface area contributed by atoms with Crippen LogP contribution in [-0.4, -0.2) is 43.3 Å². The van der Waals surface area contributed by atoms with Crippen LogP contribution < -0.4 is 20.1 Å². The Labute approximate surface area is 189 Å². The SMILES string of the molecule is CCOC(=O)c1ccc(NC(=S)Nc2cc(OCC(F)(F)F)cc(OCC(F)(F)F)c2)cc1. The molecule has 0 aliphatic heterocycles. The minimum Gasteiger partial charge on any atom is -0.484 e. The summed E-state index contributed by atoms with van der Waals surface area (Å²) in [6, 6.07) is 9.15. The quantitative estimate of drug-likeness (QED) is 0.282. The lowest BCUT2D eigenvalue weighted by molar-refractivity contribution is -0.153. The molecule has 2 aromatic rings. The average Bonchev–Trinajstić information content (AvgIpc) is 2.70. The van der Waals surface area contributed by atoms with Crippen LogP contribution in [-0.2, 0) is 4.74 Å². The Morgan fingerprint density at radius 3 is 1.79 bits per heavy atom. The van der Waals surface area contributed by atoms with Gasteiger partial charge in [-0.05, 0) is 43.4 Å². The molecule has 2 aromatic carbocycles. The molecule has 2 N–H and O–H groups in total.